The predicted molar refractivity (Wildman–Crippen MR) is 275 cm³/mol. The molecule has 12 rings (SSSR count). The van der Waals surface area contributed by atoms with E-state index in [2.05, 4.69) is 126 Å². The van der Waals surface area contributed by atoms with E-state index in [9.17, 15) is 0 Å². The highest BCUT2D eigenvalue weighted by Crippen LogP contribution is 2.56. The average Bonchev–Trinajstić information content (AvgIpc) is 3.38. The van der Waals surface area contributed by atoms with Crippen molar-refractivity contribution in [2.75, 3.05) is 16.3 Å². The summed E-state index contributed by atoms with van der Waals surface area (Å²) in [6.45, 7) is 2.71. The molecule has 0 fully saturated rings. The van der Waals surface area contributed by atoms with E-state index in [4.69, 9.17) is 9.47 Å². The first-order valence-corrected chi connectivity index (χ1v) is 22.7. The van der Waals surface area contributed by atoms with Crippen molar-refractivity contribution in [2.24, 2.45) is 0 Å². The third-order valence-corrected chi connectivity index (χ3v) is 12.9. The van der Waals surface area contributed by atoms with Crippen LogP contribution in [0.5, 0.6) is 23.0 Å². The Kier molecular flexibility index (Phi) is 9.95. The zero-order valence-corrected chi connectivity index (χ0v) is 36.7. The zero-order chi connectivity index (χ0) is 44.8. The van der Waals surface area contributed by atoms with Crippen LogP contribution in [0.15, 0.2) is 231 Å². The van der Waals surface area contributed by atoms with Gasteiger partial charge in [0.25, 0.3) is 0 Å². The highest BCUT2D eigenvalue weighted by molar-refractivity contribution is 6.14. The van der Waals surface area contributed by atoms with Gasteiger partial charge in [-0.05, 0) is 130 Å². The van der Waals surface area contributed by atoms with E-state index >= 15 is 4.39 Å². The molecule has 320 valence electrons. The van der Waals surface area contributed by atoms with Gasteiger partial charge in [-0.25, -0.2) is 4.39 Å². The highest BCUT2D eigenvalue weighted by Gasteiger charge is 2.30. The molecule has 10 aromatic carbocycles. The lowest BCUT2D eigenvalue weighted by Gasteiger charge is -2.31. The van der Waals surface area contributed by atoms with Gasteiger partial charge in [0.15, 0.2) is 0 Å². The number of hydrogen-bond acceptors (Lipinski definition) is 4. The molecule has 0 spiro atoms. The van der Waals surface area contributed by atoms with Gasteiger partial charge in [-0.3, -0.25) is 0 Å². The fourth-order valence-electron chi connectivity index (χ4n) is 9.74. The quantitative estimate of drug-likeness (QED) is 0.128. The van der Waals surface area contributed by atoms with Gasteiger partial charge in [-0.15, -0.1) is 0 Å². The molecule has 4 nitrogen and oxygen atoms in total. The molecule has 2 heterocycles. The number of nitrogens with zero attached hydrogens (tertiary/aromatic N) is 2. The number of ether oxygens (including phenoxy) is 2. The summed E-state index contributed by atoms with van der Waals surface area (Å²) in [7, 11) is 0. The van der Waals surface area contributed by atoms with Gasteiger partial charge in [0.2, 0.25) is 0 Å². The van der Waals surface area contributed by atoms with E-state index in [1.807, 2.05) is 115 Å². The fourth-order valence-corrected chi connectivity index (χ4v) is 9.74. The Hall–Kier alpha value is -8.67. The third-order valence-electron chi connectivity index (χ3n) is 12.9. The summed E-state index contributed by atoms with van der Waals surface area (Å²) in [4.78, 5) is 4.32. The lowest BCUT2D eigenvalue weighted by molar-refractivity contribution is 0.480. The van der Waals surface area contributed by atoms with Gasteiger partial charge < -0.3 is 19.3 Å². The topological polar surface area (TPSA) is 24.9 Å². The number of halogens is 1. The Morgan fingerprint density at radius 1 is 0.418 bits per heavy atom. The Balaban J connectivity index is 0.945. The molecular formula is C62H43FN2O2. The van der Waals surface area contributed by atoms with Crippen molar-refractivity contribution in [2.45, 2.75) is 6.92 Å². The molecule has 0 amide bonds. The molecule has 0 radical (unpaired) electrons. The molecule has 0 N–H and O–H groups in total. The maximum absolute atomic E-state index is 17.2. The molecule has 10 aromatic rings. The molecule has 0 saturated carbocycles. The van der Waals surface area contributed by atoms with E-state index in [1.165, 1.54) is 10.8 Å². The Bertz CT molecular complexity index is 3590. The van der Waals surface area contributed by atoms with Gasteiger partial charge in [0.05, 0.1) is 11.4 Å². The number of rotatable bonds is 10. The van der Waals surface area contributed by atoms with Crippen molar-refractivity contribution >= 4 is 50.0 Å². The number of benzene rings is 10. The SMILES string of the molecule is C/C=C\C=C/CN(c1ccc2c(c1)Oc1ccc3c4c(ccc-2c14)Oc1cc(N(c2ccccc2)c2c(F)cc(-c4ccccc4)cc2-c2ccccc2)ccc1-3)c1ccc2ccccc2c1. The van der Waals surface area contributed by atoms with Crippen LogP contribution < -0.4 is 19.3 Å². The van der Waals surface area contributed by atoms with Crippen molar-refractivity contribution in [3.63, 3.8) is 0 Å². The smallest absolute Gasteiger partial charge is 0.148 e. The molecule has 0 bridgehead atoms. The van der Waals surface area contributed by atoms with Crippen LogP contribution in [0.4, 0.5) is 32.8 Å². The van der Waals surface area contributed by atoms with Crippen LogP contribution in [0.2, 0.25) is 0 Å². The average molecular weight is 867 g/mol. The molecular weight excluding hydrogens is 824 g/mol. The Morgan fingerprint density at radius 3 is 1.64 bits per heavy atom. The normalized spacial score (nSPS) is 12.2. The van der Waals surface area contributed by atoms with Crippen molar-refractivity contribution < 1.29 is 13.9 Å². The molecule has 0 aromatic heterocycles. The first-order valence-electron chi connectivity index (χ1n) is 22.7. The van der Waals surface area contributed by atoms with Gasteiger partial charge >= 0.3 is 0 Å². The largest absolute Gasteiger partial charge is 0.456 e. The highest BCUT2D eigenvalue weighted by atomic mass is 19.1. The van der Waals surface area contributed by atoms with Gasteiger partial charge in [0.1, 0.15) is 28.8 Å². The van der Waals surface area contributed by atoms with Crippen LogP contribution in [-0.2, 0) is 0 Å². The Morgan fingerprint density at radius 2 is 0.970 bits per heavy atom. The molecule has 0 unspecified atom stereocenters. The minimum atomic E-state index is -0.331. The van der Waals surface area contributed by atoms with E-state index in [0.717, 1.165) is 95.3 Å². The fraction of sp³-hybridized carbons (Fsp3) is 0.0323. The summed E-state index contributed by atoms with van der Waals surface area (Å²) in [5.41, 5.74) is 11.8. The van der Waals surface area contributed by atoms with Crippen LogP contribution in [0.1, 0.15) is 6.92 Å². The van der Waals surface area contributed by atoms with E-state index in [-0.39, 0.29) is 5.82 Å². The maximum Gasteiger partial charge on any atom is 0.148 e. The second-order valence-corrected chi connectivity index (χ2v) is 16.9. The van der Waals surface area contributed by atoms with Crippen LogP contribution in [0, 0.1) is 5.82 Å². The van der Waals surface area contributed by atoms with Crippen molar-refractivity contribution in [3.8, 4) is 67.5 Å². The third kappa shape index (κ3) is 7.09. The number of hydrogen-bond donors (Lipinski definition) is 0. The first-order chi connectivity index (χ1) is 33.1. The summed E-state index contributed by atoms with van der Waals surface area (Å²) in [5.74, 6) is 2.69. The number of allylic oxidation sites excluding steroid dienone is 3. The lowest BCUT2D eigenvalue weighted by Crippen LogP contribution is -2.17. The molecule has 2 aliphatic heterocycles. The summed E-state index contributed by atoms with van der Waals surface area (Å²) in [5, 5.41) is 4.43. The molecule has 0 aliphatic carbocycles. The minimum absolute atomic E-state index is 0.331. The molecule has 0 atom stereocenters. The van der Waals surface area contributed by atoms with Crippen LogP contribution in [-0.4, -0.2) is 6.54 Å². The van der Waals surface area contributed by atoms with Gasteiger partial charge in [-0.1, -0.05) is 133 Å². The first kappa shape index (κ1) is 39.9. The summed E-state index contributed by atoms with van der Waals surface area (Å²) in [6.07, 6.45) is 8.36. The predicted octanol–water partition coefficient (Wildman–Crippen LogP) is 17.8. The number of para-hydroxylation sites is 1. The summed E-state index contributed by atoms with van der Waals surface area (Å²) < 4.78 is 30.9. The van der Waals surface area contributed by atoms with Crippen LogP contribution in [0.25, 0.3) is 66.1 Å². The second kappa shape index (κ2) is 16.7. The standard InChI is InChI=1S/C62H43FN2O2/c1-2-3-4-16-35-64(47-26-25-42-19-14-15-22-44(42)36-47)48-27-29-50-52-31-34-57-61-53(32-33-56(60(52)61)66-58(50)39-48)51-30-28-49(40-59(51)67-57)65(46-23-12-7-13-24-46)62-54(43-20-10-6-11-21-43)37-45(38-55(62)63)41-17-8-5-9-18-41/h2-34,36-40H,35H2,1H3/b3-2-,16-4-. The number of anilines is 5. The van der Waals surface area contributed by atoms with E-state index in [0.29, 0.717) is 18.0 Å². The Labute approximate surface area is 389 Å². The van der Waals surface area contributed by atoms with Crippen LogP contribution in [0.3, 0.4) is 0 Å². The summed E-state index contributed by atoms with van der Waals surface area (Å²) in [6, 6.07) is 70.0. The van der Waals surface area contributed by atoms with E-state index < -0.39 is 0 Å². The van der Waals surface area contributed by atoms with Crippen molar-refractivity contribution in [1.82, 2.24) is 0 Å². The molecule has 5 heteroatoms. The van der Waals surface area contributed by atoms with Gasteiger partial charge in [0, 0.05) is 63.2 Å². The minimum Gasteiger partial charge on any atom is -0.456 e. The van der Waals surface area contributed by atoms with Crippen molar-refractivity contribution in [1.29, 1.82) is 0 Å². The second-order valence-electron chi connectivity index (χ2n) is 16.9. The number of fused-ring (bicyclic) bond motifs is 5. The van der Waals surface area contributed by atoms with Gasteiger partial charge in [-0.2, -0.15) is 0 Å². The van der Waals surface area contributed by atoms with Crippen molar-refractivity contribution in [3.05, 3.63) is 236 Å². The molecule has 67 heavy (non-hydrogen) atoms. The molecule has 0 saturated heterocycles. The monoisotopic (exact) mass is 866 g/mol. The maximum atomic E-state index is 17.2. The summed E-state index contributed by atoms with van der Waals surface area (Å²) >= 11 is 0. The van der Waals surface area contributed by atoms with E-state index in [1.54, 1.807) is 6.07 Å². The van der Waals surface area contributed by atoms with Crippen LogP contribution >= 0.6 is 0 Å². The lowest BCUT2D eigenvalue weighted by atomic mass is 9.88. The zero-order valence-electron chi connectivity index (χ0n) is 36.7. The molecule has 2 aliphatic rings.